The fourth-order valence-corrected chi connectivity index (χ4v) is 4.77. The van der Waals surface area contributed by atoms with Gasteiger partial charge in [-0.25, -0.2) is 8.78 Å². The SMILES string of the molecule is Fc1ccc([C@H]2CCNC[C@@H]2c2nnc(-c3cccc(Cl)c3Cl)n2C2CC2)cc1F. The van der Waals surface area contributed by atoms with Gasteiger partial charge in [0, 0.05) is 24.1 Å². The lowest BCUT2D eigenvalue weighted by molar-refractivity contribution is 0.379. The molecule has 0 bridgehead atoms. The van der Waals surface area contributed by atoms with Crippen molar-refractivity contribution in [3.05, 3.63) is 69.5 Å². The van der Waals surface area contributed by atoms with Crippen molar-refractivity contribution in [1.82, 2.24) is 20.1 Å². The molecular weight excluding hydrogens is 429 g/mol. The Hall–Kier alpha value is -2.02. The van der Waals surface area contributed by atoms with Crippen molar-refractivity contribution in [3.63, 3.8) is 0 Å². The molecule has 1 saturated carbocycles. The third kappa shape index (κ3) is 3.51. The van der Waals surface area contributed by atoms with Gasteiger partial charge in [-0.3, -0.25) is 0 Å². The summed E-state index contributed by atoms with van der Waals surface area (Å²) in [5, 5.41) is 13.4. The van der Waals surface area contributed by atoms with Crippen molar-refractivity contribution in [1.29, 1.82) is 0 Å². The van der Waals surface area contributed by atoms with Crippen LogP contribution in [0.25, 0.3) is 11.4 Å². The van der Waals surface area contributed by atoms with E-state index >= 15 is 0 Å². The van der Waals surface area contributed by atoms with Gasteiger partial charge in [0.1, 0.15) is 5.82 Å². The van der Waals surface area contributed by atoms with Crippen molar-refractivity contribution >= 4 is 23.2 Å². The fraction of sp³-hybridized carbons (Fsp3) is 0.364. The molecule has 8 heteroatoms. The van der Waals surface area contributed by atoms with Crippen LogP contribution in [0.1, 0.15) is 48.5 Å². The topological polar surface area (TPSA) is 42.7 Å². The molecule has 1 N–H and O–H groups in total. The first kappa shape index (κ1) is 19.9. The van der Waals surface area contributed by atoms with Gasteiger partial charge in [0.25, 0.3) is 0 Å². The summed E-state index contributed by atoms with van der Waals surface area (Å²) >= 11 is 12.7. The molecule has 2 aliphatic rings. The van der Waals surface area contributed by atoms with Gasteiger partial charge >= 0.3 is 0 Å². The number of hydrogen-bond donors (Lipinski definition) is 1. The summed E-state index contributed by atoms with van der Waals surface area (Å²) in [6.45, 7) is 1.50. The van der Waals surface area contributed by atoms with Crippen molar-refractivity contribution in [3.8, 4) is 11.4 Å². The van der Waals surface area contributed by atoms with Gasteiger partial charge in [0.15, 0.2) is 17.5 Å². The molecule has 3 aromatic rings. The fourth-order valence-electron chi connectivity index (χ4n) is 4.38. The Kier molecular flexibility index (Phi) is 5.25. The molecule has 0 spiro atoms. The summed E-state index contributed by atoms with van der Waals surface area (Å²) in [7, 11) is 0. The molecule has 2 atom stereocenters. The molecule has 2 heterocycles. The average molecular weight is 449 g/mol. The highest BCUT2D eigenvalue weighted by Crippen LogP contribution is 2.45. The second-order valence-electron chi connectivity index (χ2n) is 7.96. The van der Waals surface area contributed by atoms with Crippen LogP contribution in [-0.4, -0.2) is 27.9 Å². The lowest BCUT2D eigenvalue weighted by Gasteiger charge is -2.32. The smallest absolute Gasteiger partial charge is 0.165 e. The van der Waals surface area contributed by atoms with E-state index in [1.54, 1.807) is 12.1 Å². The predicted octanol–water partition coefficient (Wildman–Crippen LogP) is 5.73. The van der Waals surface area contributed by atoms with Crippen molar-refractivity contribution in [2.75, 3.05) is 13.1 Å². The van der Waals surface area contributed by atoms with Gasteiger partial charge in [-0.05, 0) is 61.6 Å². The minimum Gasteiger partial charge on any atom is -0.316 e. The molecule has 5 rings (SSSR count). The van der Waals surface area contributed by atoms with E-state index in [0.29, 0.717) is 28.5 Å². The highest BCUT2D eigenvalue weighted by molar-refractivity contribution is 6.43. The summed E-state index contributed by atoms with van der Waals surface area (Å²) in [4.78, 5) is 0. The van der Waals surface area contributed by atoms with E-state index in [9.17, 15) is 8.78 Å². The Balaban J connectivity index is 1.59. The summed E-state index contributed by atoms with van der Waals surface area (Å²) in [5.41, 5.74) is 1.54. The molecule has 1 saturated heterocycles. The number of piperidine rings is 1. The average Bonchev–Trinajstić information content (AvgIpc) is 3.50. The second kappa shape index (κ2) is 7.91. The number of halogens is 4. The molecule has 0 amide bonds. The normalized spacial score (nSPS) is 21.7. The monoisotopic (exact) mass is 448 g/mol. The number of rotatable bonds is 4. The van der Waals surface area contributed by atoms with E-state index in [0.717, 1.165) is 42.8 Å². The summed E-state index contributed by atoms with van der Waals surface area (Å²) in [6, 6.07) is 9.99. The number of benzene rings is 2. The quantitative estimate of drug-likeness (QED) is 0.554. The lowest BCUT2D eigenvalue weighted by Crippen LogP contribution is -2.35. The van der Waals surface area contributed by atoms with E-state index in [1.165, 1.54) is 12.1 Å². The Bertz CT molecular complexity index is 1100. The van der Waals surface area contributed by atoms with Gasteiger partial charge in [0.2, 0.25) is 0 Å². The second-order valence-corrected chi connectivity index (χ2v) is 8.75. The molecule has 0 radical (unpaired) electrons. The maximum atomic E-state index is 13.9. The molecule has 4 nitrogen and oxygen atoms in total. The molecular formula is C22H20Cl2F2N4. The zero-order valence-corrected chi connectivity index (χ0v) is 17.6. The number of nitrogens with zero attached hydrogens (tertiary/aromatic N) is 3. The van der Waals surface area contributed by atoms with Crippen LogP contribution in [0.3, 0.4) is 0 Å². The minimum atomic E-state index is -0.830. The minimum absolute atomic E-state index is 0.0107. The molecule has 30 heavy (non-hydrogen) atoms. The summed E-state index contributed by atoms with van der Waals surface area (Å²) in [6.07, 6.45) is 2.90. The van der Waals surface area contributed by atoms with E-state index in [-0.39, 0.29) is 11.8 Å². The molecule has 1 aromatic heterocycles. The molecule has 1 aliphatic carbocycles. The Morgan fingerprint density at radius 3 is 2.57 bits per heavy atom. The van der Waals surface area contributed by atoms with Crippen LogP contribution in [0.5, 0.6) is 0 Å². The van der Waals surface area contributed by atoms with E-state index in [4.69, 9.17) is 23.2 Å². The Morgan fingerprint density at radius 2 is 1.80 bits per heavy atom. The molecule has 1 aliphatic heterocycles. The zero-order chi connectivity index (χ0) is 20.8. The molecule has 0 unspecified atom stereocenters. The van der Waals surface area contributed by atoms with Gasteiger partial charge in [0.05, 0.1) is 10.0 Å². The van der Waals surface area contributed by atoms with Crippen LogP contribution in [0.4, 0.5) is 8.78 Å². The van der Waals surface area contributed by atoms with Crippen LogP contribution in [0.2, 0.25) is 10.0 Å². The van der Waals surface area contributed by atoms with Crippen LogP contribution in [0.15, 0.2) is 36.4 Å². The Morgan fingerprint density at radius 1 is 0.967 bits per heavy atom. The van der Waals surface area contributed by atoms with E-state index < -0.39 is 11.6 Å². The van der Waals surface area contributed by atoms with Crippen LogP contribution in [0, 0.1) is 11.6 Å². The van der Waals surface area contributed by atoms with Gasteiger partial charge in [-0.1, -0.05) is 35.3 Å². The first-order valence-electron chi connectivity index (χ1n) is 10.1. The first-order valence-corrected chi connectivity index (χ1v) is 10.8. The van der Waals surface area contributed by atoms with E-state index in [1.807, 2.05) is 12.1 Å². The third-order valence-electron chi connectivity index (χ3n) is 6.01. The van der Waals surface area contributed by atoms with Gasteiger partial charge in [-0.2, -0.15) is 0 Å². The molecule has 2 fully saturated rings. The van der Waals surface area contributed by atoms with Crippen LogP contribution >= 0.6 is 23.2 Å². The first-order chi connectivity index (χ1) is 14.5. The number of hydrogen-bond acceptors (Lipinski definition) is 3. The van der Waals surface area contributed by atoms with Gasteiger partial charge in [-0.15, -0.1) is 10.2 Å². The predicted molar refractivity (Wildman–Crippen MR) is 113 cm³/mol. The maximum absolute atomic E-state index is 13.9. The van der Waals surface area contributed by atoms with Crippen molar-refractivity contribution in [2.24, 2.45) is 0 Å². The van der Waals surface area contributed by atoms with Crippen LogP contribution in [-0.2, 0) is 0 Å². The highest BCUT2D eigenvalue weighted by atomic mass is 35.5. The standard InChI is InChI=1S/C22H20Cl2F2N4/c23-17-3-1-2-15(20(17)24)21-28-29-22(30(21)13-5-6-13)16-11-27-9-8-14(16)12-4-7-18(25)19(26)10-12/h1-4,7,10,13-14,16,27H,5-6,8-9,11H2/t14-,16+/m1/s1. The molecule has 156 valence electrons. The number of nitrogens with one attached hydrogen (secondary N) is 1. The van der Waals surface area contributed by atoms with Crippen LogP contribution < -0.4 is 5.32 Å². The lowest BCUT2D eigenvalue weighted by atomic mass is 9.80. The molecule has 2 aromatic carbocycles. The summed E-state index contributed by atoms with van der Waals surface area (Å²) in [5.74, 6) is -0.0858. The zero-order valence-electron chi connectivity index (χ0n) is 16.1. The largest absolute Gasteiger partial charge is 0.316 e. The van der Waals surface area contributed by atoms with E-state index in [2.05, 4.69) is 20.1 Å². The maximum Gasteiger partial charge on any atom is 0.165 e. The third-order valence-corrected chi connectivity index (χ3v) is 6.83. The van der Waals surface area contributed by atoms with Crippen molar-refractivity contribution < 1.29 is 8.78 Å². The summed E-state index contributed by atoms with van der Waals surface area (Å²) < 4.78 is 29.6. The van der Waals surface area contributed by atoms with Gasteiger partial charge < -0.3 is 9.88 Å². The highest BCUT2D eigenvalue weighted by Gasteiger charge is 2.37. The Labute approximate surface area is 183 Å². The number of aromatic nitrogens is 3. The van der Waals surface area contributed by atoms with Crippen molar-refractivity contribution in [2.45, 2.75) is 37.1 Å².